The van der Waals surface area contributed by atoms with Gasteiger partial charge in [0.1, 0.15) is 17.3 Å². The highest BCUT2D eigenvalue weighted by Gasteiger charge is 2.14. The van der Waals surface area contributed by atoms with Crippen LogP contribution in [0.4, 0.5) is 4.39 Å². The van der Waals surface area contributed by atoms with Gasteiger partial charge in [0, 0.05) is 4.47 Å². The summed E-state index contributed by atoms with van der Waals surface area (Å²) < 4.78 is 35.4. The maximum Gasteiger partial charge on any atom is 0.334 e. The SMILES string of the molecule is COC(=O)C=C(OC)C(C)Oc1ccc(Oc2ccc(Br)cc2F)cc1. The highest BCUT2D eigenvalue weighted by molar-refractivity contribution is 9.10. The summed E-state index contributed by atoms with van der Waals surface area (Å²) in [5.74, 6) is 0.452. The van der Waals surface area contributed by atoms with E-state index >= 15 is 0 Å². The maximum atomic E-state index is 13.8. The van der Waals surface area contributed by atoms with Gasteiger partial charge in [0.15, 0.2) is 17.7 Å². The van der Waals surface area contributed by atoms with Crippen molar-refractivity contribution in [1.29, 1.82) is 0 Å². The van der Waals surface area contributed by atoms with Crippen LogP contribution in [0.3, 0.4) is 0 Å². The van der Waals surface area contributed by atoms with Crippen LogP contribution in [-0.4, -0.2) is 26.3 Å². The van der Waals surface area contributed by atoms with Crippen LogP contribution in [0.5, 0.6) is 17.2 Å². The molecule has 2 aromatic carbocycles. The molecular weight excluding hydrogens is 407 g/mol. The van der Waals surface area contributed by atoms with E-state index in [1.54, 1.807) is 37.3 Å². The number of rotatable bonds is 7. The van der Waals surface area contributed by atoms with E-state index < -0.39 is 17.9 Å². The smallest absolute Gasteiger partial charge is 0.334 e. The van der Waals surface area contributed by atoms with Crippen molar-refractivity contribution in [3.8, 4) is 17.2 Å². The first-order chi connectivity index (χ1) is 12.4. The van der Waals surface area contributed by atoms with Gasteiger partial charge in [0.05, 0.1) is 20.3 Å². The van der Waals surface area contributed by atoms with Gasteiger partial charge < -0.3 is 18.9 Å². The number of carbonyl (C=O) groups excluding carboxylic acids is 1. The Morgan fingerprint density at radius 3 is 2.31 bits per heavy atom. The third-order valence-corrected chi connectivity index (χ3v) is 3.85. The molecule has 0 radical (unpaired) electrons. The zero-order valence-electron chi connectivity index (χ0n) is 14.5. The lowest BCUT2D eigenvalue weighted by Crippen LogP contribution is -2.17. The summed E-state index contributed by atoms with van der Waals surface area (Å²) in [6, 6.07) is 11.2. The average Bonchev–Trinajstić information content (AvgIpc) is 2.63. The summed E-state index contributed by atoms with van der Waals surface area (Å²) in [6.07, 6.45) is 0.716. The van der Waals surface area contributed by atoms with Crippen LogP contribution in [0.25, 0.3) is 0 Å². The first-order valence-corrected chi connectivity index (χ1v) is 8.45. The van der Waals surface area contributed by atoms with Crippen LogP contribution in [0, 0.1) is 5.82 Å². The minimum absolute atomic E-state index is 0.123. The van der Waals surface area contributed by atoms with Crippen LogP contribution in [0.15, 0.2) is 58.8 Å². The number of methoxy groups -OCH3 is 2. The van der Waals surface area contributed by atoms with E-state index in [1.807, 2.05) is 0 Å². The Labute approximate surface area is 159 Å². The summed E-state index contributed by atoms with van der Waals surface area (Å²) in [5, 5.41) is 0. The van der Waals surface area contributed by atoms with Crippen molar-refractivity contribution < 1.29 is 28.1 Å². The Hall–Kier alpha value is -2.54. The Morgan fingerprint density at radius 2 is 1.73 bits per heavy atom. The Morgan fingerprint density at radius 1 is 1.08 bits per heavy atom. The van der Waals surface area contributed by atoms with Crippen molar-refractivity contribution in [2.45, 2.75) is 13.0 Å². The van der Waals surface area contributed by atoms with Crippen LogP contribution in [0.2, 0.25) is 0 Å². The average molecular weight is 425 g/mol. The number of esters is 1. The molecule has 0 fully saturated rings. The van der Waals surface area contributed by atoms with Gasteiger partial charge in [-0.3, -0.25) is 0 Å². The molecule has 0 aliphatic heterocycles. The molecule has 26 heavy (non-hydrogen) atoms. The van der Waals surface area contributed by atoms with Gasteiger partial charge in [-0.15, -0.1) is 0 Å². The van der Waals surface area contributed by atoms with Crippen molar-refractivity contribution in [3.63, 3.8) is 0 Å². The fraction of sp³-hybridized carbons (Fsp3) is 0.211. The maximum absolute atomic E-state index is 13.8. The molecule has 0 aromatic heterocycles. The van der Waals surface area contributed by atoms with Crippen LogP contribution >= 0.6 is 15.9 Å². The Bertz CT molecular complexity index is 789. The third kappa shape index (κ3) is 5.49. The second kappa shape index (κ2) is 9.24. The fourth-order valence-electron chi connectivity index (χ4n) is 2.05. The summed E-state index contributed by atoms with van der Waals surface area (Å²) >= 11 is 3.20. The second-order valence-corrected chi connectivity index (χ2v) is 6.10. The summed E-state index contributed by atoms with van der Waals surface area (Å²) in [4.78, 5) is 11.3. The van der Waals surface area contributed by atoms with Crippen LogP contribution in [-0.2, 0) is 14.3 Å². The summed E-state index contributed by atoms with van der Waals surface area (Å²) in [5.41, 5.74) is 0. The van der Waals surface area contributed by atoms with Crippen LogP contribution in [0.1, 0.15) is 6.92 Å². The first kappa shape index (κ1) is 19.8. The van der Waals surface area contributed by atoms with E-state index in [2.05, 4.69) is 20.7 Å². The molecular formula is C19H18BrFO5. The number of carbonyl (C=O) groups is 1. The molecule has 0 aliphatic carbocycles. The van der Waals surface area contributed by atoms with Crippen molar-refractivity contribution >= 4 is 21.9 Å². The number of halogens is 2. The van der Waals surface area contributed by atoms with Crippen molar-refractivity contribution in [2.24, 2.45) is 0 Å². The predicted molar refractivity (Wildman–Crippen MR) is 97.8 cm³/mol. The molecule has 0 saturated carbocycles. The van der Waals surface area contributed by atoms with E-state index in [0.29, 0.717) is 21.7 Å². The minimum atomic E-state index is -0.530. The monoisotopic (exact) mass is 424 g/mol. The van der Waals surface area contributed by atoms with Gasteiger partial charge in [0.25, 0.3) is 0 Å². The van der Waals surface area contributed by atoms with E-state index in [9.17, 15) is 9.18 Å². The molecule has 0 bridgehead atoms. The first-order valence-electron chi connectivity index (χ1n) is 7.66. The predicted octanol–water partition coefficient (Wildman–Crippen LogP) is 4.85. The fourth-order valence-corrected chi connectivity index (χ4v) is 2.38. The number of ether oxygens (including phenoxy) is 4. The lowest BCUT2D eigenvalue weighted by molar-refractivity contribution is -0.135. The highest BCUT2D eigenvalue weighted by atomic mass is 79.9. The lowest BCUT2D eigenvalue weighted by Gasteiger charge is -2.17. The van der Waals surface area contributed by atoms with Crippen molar-refractivity contribution in [2.75, 3.05) is 14.2 Å². The molecule has 7 heteroatoms. The molecule has 1 unspecified atom stereocenters. The molecule has 0 amide bonds. The zero-order chi connectivity index (χ0) is 19.1. The van der Waals surface area contributed by atoms with Crippen molar-refractivity contribution in [1.82, 2.24) is 0 Å². The van der Waals surface area contributed by atoms with E-state index in [4.69, 9.17) is 14.2 Å². The minimum Gasteiger partial charge on any atom is -0.497 e. The molecule has 0 heterocycles. The summed E-state index contributed by atoms with van der Waals surface area (Å²) in [6.45, 7) is 1.74. The van der Waals surface area contributed by atoms with Gasteiger partial charge in [-0.2, -0.15) is 0 Å². The van der Waals surface area contributed by atoms with Gasteiger partial charge >= 0.3 is 5.97 Å². The summed E-state index contributed by atoms with van der Waals surface area (Å²) in [7, 11) is 2.73. The molecule has 0 N–H and O–H groups in total. The molecule has 0 aliphatic rings. The largest absolute Gasteiger partial charge is 0.497 e. The van der Waals surface area contributed by atoms with E-state index in [1.165, 1.54) is 32.4 Å². The second-order valence-electron chi connectivity index (χ2n) is 5.18. The molecule has 2 aromatic rings. The molecule has 0 spiro atoms. The lowest BCUT2D eigenvalue weighted by atomic mass is 10.2. The molecule has 0 saturated heterocycles. The normalized spacial score (nSPS) is 12.3. The van der Waals surface area contributed by atoms with Gasteiger partial charge in [0.2, 0.25) is 0 Å². The highest BCUT2D eigenvalue weighted by Crippen LogP contribution is 2.28. The quantitative estimate of drug-likeness (QED) is 0.361. The molecule has 1 atom stereocenters. The standard InChI is InChI=1S/C19H18BrFO5/c1-12(18(23-2)11-19(22)24-3)25-14-5-7-15(8-6-14)26-17-9-4-13(20)10-16(17)21/h4-12H,1-3H3. The number of benzene rings is 2. The topological polar surface area (TPSA) is 54.0 Å². The zero-order valence-corrected chi connectivity index (χ0v) is 16.1. The van der Waals surface area contributed by atoms with E-state index in [-0.39, 0.29) is 5.75 Å². The van der Waals surface area contributed by atoms with Crippen LogP contribution < -0.4 is 9.47 Å². The van der Waals surface area contributed by atoms with Gasteiger partial charge in [-0.1, -0.05) is 15.9 Å². The molecule has 138 valence electrons. The Balaban J connectivity index is 2.04. The Kier molecular flexibility index (Phi) is 7.03. The molecule has 5 nitrogen and oxygen atoms in total. The van der Waals surface area contributed by atoms with Crippen molar-refractivity contribution in [3.05, 3.63) is 64.6 Å². The van der Waals surface area contributed by atoms with Gasteiger partial charge in [-0.05, 0) is 49.4 Å². The van der Waals surface area contributed by atoms with E-state index in [0.717, 1.165) is 0 Å². The number of hydrogen-bond acceptors (Lipinski definition) is 5. The third-order valence-electron chi connectivity index (χ3n) is 3.36. The molecule has 2 rings (SSSR count). The van der Waals surface area contributed by atoms with Gasteiger partial charge in [-0.25, -0.2) is 9.18 Å². The number of hydrogen-bond donors (Lipinski definition) is 0.